The lowest BCUT2D eigenvalue weighted by Crippen LogP contribution is -2.12. The summed E-state index contributed by atoms with van der Waals surface area (Å²) in [4.78, 5) is 0. The van der Waals surface area contributed by atoms with Crippen molar-refractivity contribution in [3.63, 3.8) is 0 Å². The van der Waals surface area contributed by atoms with Crippen LogP contribution in [0.5, 0.6) is 5.75 Å². The predicted molar refractivity (Wildman–Crippen MR) is 77.0 cm³/mol. The van der Waals surface area contributed by atoms with E-state index in [9.17, 15) is 16.8 Å². The van der Waals surface area contributed by atoms with Gasteiger partial charge in [-0.3, -0.25) is 9.44 Å². The lowest BCUT2D eigenvalue weighted by atomic mass is 10.2. The Morgan fingerprint density at radius 1 is 0.950 bits per heavy atom. The number of rotatable bonds is 6. The lowest BCUT2D eigenvalue weighted by molar-refractivity contribution is 0.303. The summed E-state index contributed by atoms with van der Waals surface area (Å²) in [6.45, 7) is 0. The monoisotopic (exact) mass is 320 g/mol. The van der Waals surface area contributed by atoms with Crippen molar-refractivity contribution in [1.29, 1.82) is 0 Å². The van der Waals surface area contributed by atoms with Gasteiger partial charge in [-0.1, -0.05) is 0 Å². The molecule has 0 radical (unpaired) electrons. The van der Waals surface area contributed by atoms with E-state index in [1.54, 1.807) is 0 Å². The second-order valence-corrected chi connectivity index (χ2v) is 8.31. The Kier molecular flexibility index (Phi) is 3.83. The highest BCUT2D eigenvalue weighted by molar-refractivity contribution is 7.92. The van der Waals surface area contributed by atoms with Crippen LogP contribution in [-0.2, 0) is 20.0 Å². The van der Waals surface area contributed by atoms with E-state index >= 15 is 0 Å². The second kappa shape index (κ2) is 5.13. The zero-order valence-electron chi connectivity index (χ0n) is 11.1. The van der Waals surface area contributed by atoms with Crippen LogP contribution in [-0.4, -0.2) is 35.5 Å². The fourth-order valence-electron chi connectivity index (χ4n) is 1.59. The summed E-state index contributed by atoms with van der Waals surface area (Å²) < 4.78 is 55.2. The topological polar surface area (TPSA) is 102 Å². The quantitative estimate of drug-likeness (QED) is 0.813. The van der Waals surface area contributed by atoms with Gasteiger partial charge >= 0.3 is 0 Å². The molecule has 0 bridgehead atoms. The van der Waals surface area contributed by atoms with Gasteiger partial charge in [0.15, 0.2) is 0 Å². The average molecular weight is 320 g/mol. The highest BCUT2D eigenvalue weighted by Crippen LogP contribution is 2.31. The van der Waals surface area contributed by atoms with Crippen LogP contribution in [0.4, 0.5) is 11.4 Å². The highest BCUT2D eigenvalue weighted by atomic mass is 32.2. The van der Waals surface area contributed by atoms with Gasteiger partial charge in [0.1, 0.15) is 5.75 Å². The molecule has 7 nitrogen and oxygen atoms in total. The minimum absolute atomic E-state index is 0.120. The molecule has 0 saturated heterocycles. The second-order valence-electron chi connectivity index (χ2n) is 4.81. The number of sulfonamides is 2. The van der Waals surface area contributed by atoms with Gasteiger partial charge in [0.25, 0.3) is 0 Å². The maximum Gasteiger partial charge on any atom is 0.229 e. The SMILES string of the molecule is CS(=O)(=O)Nc1cc(NS(C)(=O)=O)cc(OC2CC2)c1. The van der Waals surface area contributed by atoms with Gasteiger partial charge in [-0.15, -0.1) is 0 Å². The van der Waals surface area contributed by atoms with Crippen molar-refractivity contribution >= 4 is 31.4 Å². The summed E-state index contributed by atoms with van der Waals surface area (Å²) in [5.41, 5.74) is 0.494. The zero-order valence-corrected chi connectivity index (χ0v) is 12.7. The molecule has 1 aromatic rings. The number of ether oxygens (including phenoxy) is 1. The Hall–Kier alpha value is -1.48. The fourth-order valence-corrected chi connectivity index (χ4v) is 2.68. The van der Waals surface area contributed by atoms with Gasteiger partial charge in [0, 0.05) is 12.1 Å². The van der Waals surface area contributed by atoms with Crippen LogP contribution in [0.2, 0.25) is 0 Å². The Labute approximate surface area is 118 Å². The van der Waals surface area contributed by atoms with E-state index < -0.39 is 20.0 Å². The molecule has 0 unspecified atom stereocenters. The lowest BCUT2D eigenvalue weighted by Gasteiger charge is -2.12. The minimum Gasteiger partial charge on any atom is -0.490 e. The molecule has 0 aliphatic heterocycles. The summed E-state index contributed by atoms with van der Waals surface area (Å²) in [6.07, 6.45) is 4.04. The molecule has 0 aromatic heterocycles. The molecule has 0 heterocycles. The first kappa shape index (κ1) is 14.9. The van der Waals surface area contributed by atoms with Crippen molar-refractivity contribution in [2.75, 3.05) is 22.0 Å². The molecular formula is C11H16N2O5S2. The van der Waals surface area contributed by atoms with Crippen molar-refractivity contribution in [3.05, 3.63) is 18.2 Å². The van der Waals surface area contributed by atoms with Crippen molar-refractivity contribution in [3.8, 4) is 5.75 Å². The Morgan fingerprint density at radius 3 is 1.75 bits per heavy atom. The fraction of sp³-hybridized carbons (Fsp3) is 0.455. The van der Waals surface area contributed by atoms with Gasteiger partial charge in [-0.2, -0.15) is 0 Å². The van der Waals surface area contributed by atoms with Crippen LogP contribution in [0.3, 0.4) is 0 Å². The normalized spacial score (nSPS) is 15.7. The van der Waals surface area contributed by atoms with Crippen molar-refractivity contribution in [2.45, 2.75) is 18.9 Å². The Balaban J connectivity index is 2.32. The molecule has 2 rings (SSSR count). The molecule has 112 valence electrons. The molecule has 1 aliphatic rings. The summed E-state index contributed by atoms with van der Waals surface area (Å²) >= 11 is 0. The first-order valence-corrected chi connectivity index (χ1v) is 9.66. The number of hydrogen-bond donors (Lipinski definition) is 2. The van der Waals surface area contributed by atoms with Crippen LogP contribution in [0.1, 0.15) is 12.8 Å². The molecule has 20 heavy (non-hydrogen) atoms. The number of anilines is 2. The smallest absolute Gasteiger partial charge is 0.229 e. The largest absolute Gasteiger partial charge is 0.490 e. The summed E-state index contributed by atoms with van der Waals surface area (Å²) in [7, 11) is -6.90. The third kappa shape index (κ3) is 5.25. The van der Waals surface area contributed by atoms with E-state index in [-0.39, 0.29) is 17.5 Å². The number of hydrogen-bond acceptors (Lipinski definition) is 5. The first-order chi connectivity index (χ1) is 9.11. The standard InChI is InChI=1S/C11H16N2O5S2/c1-19(14,15)12-8-5-9(13-20(2,16)17)7-11(6-8)18-10-3-4-10/h5-7,10,12-13H,3-4H2,1-2H3. The van der Waals surface area contributed by atoms with E-state index in [1.165, 1.54) is 18.2 Å². The molecule has 0 spiro atoms. The van der Waals surface area contributed by atoms with Crippen LogP contribution in [0.15, 0.2) is 18.2 Å². The molecule has 1 aromatic carbocycles. The van der Waals surface area contributed by atoms with Gasteiger partial charge < -0.3 is 4.74 Å². The van der Waals surface area contributed by atoms with Crippen LogP contribution >= 0.6 is 0 Å². The molecule has 9 heteroatoms. The highest BCUT2D eigenvalue weighted by Gasteiger charge is 2.24. The molecule has 0 amide bonds. The molecule has 1 aliphatic carbocycles. The average Bonchev–Trinajstić information content (AvgIpc) is 2.94. The zero-order chi connectivity index (χ0) is 15.0. The predicted octanol–water partition coefficient (Wildman–Crippen LogP) is 0.971. The summed E-state index contributed by atoms with van der Waals surface area (Å²) in [5.74, 6) is 0.423. The summed E-state index contributed by atoms with van der Waals surface area (Å²) in [6, 6.07) is 4.43. The van der Waals surface area contributed by atoms with Crippen LogP contribution in [0.25, 0.3) is 0 Å². The van der Waals surface area contributed by atoms with Gasteiger partial charge in [-0.05, 0) is 18.9 Å². The van der Waals surface area contributed by atoms with Crippen molar-refractivity contribution in [1.82, 2.24) is 0 Å². The number of benzene rings is 1. The Bertz CT molecular complexity index is 656. The van der Waals surface area contributed by atoms with E-state index in [0.717, 1.165) is 25.4 Å². The van der Waals surface area contributed by atoms with E-state index in [2.05, 4.69) is 9.44 Å². The van der Waals surface area contributed by atoms with Gasteiger partial charge in [-0.25, -0.2) is 16.8 Å². The molecule has 1 saturated carbocycles. The molecule has 1 fully saturated rings. The molecule has 2 N–H and O–H groups in total. The van der Waals surface area contributed by atoms with Gasteiger partial charge in [0.2, 0.25) is 20.0 Å². The summed E-state index contributed by atoms with van der Waals surface area (Å²) in [5, 5.41) is 0. The maximum absolute atomic E-state index is 11.3. The van der Waals surface area contributed by atoms with Crippen molar-refractivity contribution in [2.24, 2.45) is 0 Å². The van der Waals surface area contributed by atoms with E-state index in [1.807, 2.05) is 0 Å². The molecular weight excluding hydrogens is 304 g/mol. The van der Waals surface area contributed by atoms with E-state index in [4.69, 9.17) is 4.74 Å². The van der Waals surface area contributed by atoms with Crippen LogP contribution in [0, 0.1) is 0 Å². The first-order valence-electron chi connectivity index (χ1n) is 5.88. The maximum atomic E-state index is 11.3. The van der Waals surface area contributed by atoms with Gasteiger partial charge in [0.05, 0.1) is 30.0 Å². The minimum atomic E-state index is -3.45. The Morgan fingerprint density at radius 2 is 1.40 bits per heavy atom. The van der Waals surface area contributed by atoms with E-state index in [0.29, 0.717) is 5.75 Å². The third-order valence-electron chi connectivity index (χ3n) is 2.34. The third-order valence-corrected chi connectivity index (χ3v) is 3.55. The van der Waals surface area contributed by atoms with Crippen LogP contribution < -0.4 is 14.2 Å². The van der Waals surface area contributed by atoms with Crippen molar-refractivity contribution < 1.29 is 21.6 Å². The molecule has 0 atom stereocenters. The number of nitrogens with one attached hydrogen (secondary N) is 2.